The van der Waals surface area contributed by atoms with E-state index in [0.29, 0.717) is 0 Å². The maximum Gasteiger partial charge on any atom is 1.00 e. The summed E-state index contributed by atoms with van der Waals surface area (Å²) in [6.07, 6.45) is -5.99. The van der Waals surface area contributed by atoms with Gasteiger partial charge in [-0.25, -0.2) is 0 Å². The van der Waals surface area contributed by atoms with E-state index in [1.165, 1.54) is 0 Å². The van der Waals surface area contributed by atoms with Gasteiger partial charge in [-0.2, -0.15) is 13.2 Å². The number of rotatable bonds is 4. The summed E-state index contributed by atoms with van der Waals surface area (Å²) in [7, 11) is -2.41. The molecule has 0 radical (unpaired) electrons. The second-order valence-corrected chi connectivity index (χ2v) is 3.52. The van der Waals surface area contributed by atoms with Crippen LogP contribution < -0.4 is 35.3 Å². The minimum Gasteiger partial charge on any atom is -0.625 e. The fourth-order valence-electron chi connectivity index (χ4n) is 0.784. The summed E-state index contributed by atoms with van der Waals surface area (Å²) in [5, 5.41) is 0. The zero-order valence-corrected chi connectivity index (χ0v) is 14.5. The van der Waals surface area contributed by atoms with Crippen LogP contribution in [0.15, 0.2) is 0 Å². The molecule has 22 heavy (non-hydrogen) atoms. The third-order valence-electron chi connectivity index (χ3n) is 1.34. The van der Waals surface area contributed by atoms with Crippen LogP contribution in [0.4, 0.5) is 13.2 Å². The third kappa shape index (κ3) is 23.8. The third-order valence-corrected chi connectivity index (χ3v) is 1.34. The molecule has 0 rings (SSSR count). The molecule has 0 unspecified atom stereocenters. The van der Waals surface area contributed by atoms with Gasteiger partial charge in [0.05, 0.1) is 0 Å². The van der Waals surface area contributed by atoms with Crippen molar-refractivity contribution in [1.82, 2.24) is 0 Å². The Morgan fingerprint density at radius 1 is 0.909 bits per heavy atom. The van der Waals surface area contributed by atoms with E-state index in [1.807, 2.05) is 0 Å². The normalized spacial score (nSPS) is 9.59. The molecule has 0 atom stereocenters. The summed E-state index contributed by atoms with van der Waals surface area (Å²) in [4.78, 5) is 40.8. The van der Waals surface area contributed by atoms with Crippen LogP contribution in [0.1, 0.15) is 27.2 Å². The number of primary amides is 1. The number of halogens is 3. The van der Waals surface area contributed by atoms with E-state index in [9.17, 15) is 32.3 Å². The van der Waals surface area contributed by atoms with Gasteiger partial charge in [-0.3, -0.25) is 19.2 Å². The Hall–Kier alpha value is -1.27. The molecule has 0 heterocycles. The molecule has 0 saturated carbocycles. The van der Waals surface area contributed by atoms with Crippen molar-refractivity contribution in [2.24, 2.45) is 5.73 Å². The Bertz CT molecular complexity index is 367. The Balaban J connectivity index is -0.000000348. The average Bonchev–Trinajstić information content (AvgIpc) is 2.09. The molecular formula is C9H14BF3NNaO7. The predicted molar refractivity (Wildman–Crippen MR) is 62.3 cm³/mol. The number of nitrogens with two attached hydrogens (primary N) is 1. The van der Waals surface area contributed by atoms with Crippen LogP contribution >= 0.6 is 0 Å². The van der Waals surface area contributed by atoms with Crippen molar-refractivity contribution in [1.29, 1.82) is 0 Å². The first-order valence-electron chi connectivity index (χ1n) is 5.36. The van der Waals surface area contributed by atoms with Crippen molar-refractivity contribution in [2.45, 2.75) is 33.4 Å². The van der Waals surface area contributed by atoms with Gasteiger partial charge in [-0.1, -0.05) is 0 Å². The first-order valence-corrected chi connectivity index (χ1v) is 5.36. The van der Waals surface area contributed by atoms with E-state index < -0.39 is 43.7 Å². The first-order chi connectivity index (χ1) is 9.33. The van der Waals surface area contributed by atoms with Gasteiger partial charge in [-0.05, 0) is 0 Å². The van der Waals surface area contributed by atoms with Crippen LogP contribution in [0.3, 0.4) is 0 Å². The first kappa shape index (κ1) is 25.7. The molecule has 0 spiro atoms. The van der Waals surface area contributed by atoms with Crippen LogP contribution in [0, 0.1) is 0 Å². The molecule has 0 aliphatic carbocycles. The maximum atomic E-state index is 11.0. The van der Waals surface area contributed by atoms with Crippen molar-refractivity contribution in [3.63, 3.8) is 0 Å². The smallest absolute Gasteiger partial charge is 0.625 e. The standard InChI is InChI=1S/C6H10BO6.C3H4F3NO.Na/c1-4(8)11-7(12-5(2)9)13-6(3)10;4-3(5,6)1-2(7)8;/h7H,1-3H3;1H2,(H2,7,8);/q-1;;+1. The van der Waals surface area contributed by atoms with E-state index in [4.69, 9.17) is 0 Å². The number of hydrogen-bond acceptors (Lipinski definition) is 7. The van der Waals surface area contributed by atoms with Crippen LogP contribution in [-0.4, -0.2) is 37.3 Å². The van der Waals surface area contributed by atoms with Crippen molar-refractivity contribution in [2.75, 3.05) is 0 Å². The van der Waals surface area contributed by atoms with Crippen molar-refractivity contribution in [3.8, 4) is 0 Å². The number of carbonyl (C=O) groups is 4. The summed E-state index contributed by atoms with van der Waals surface area (Å²) in [6.45, 7) is 3.35. The summed E-state index contributed by atoms with van der Waals surface area (Å²) in [5.41, 5.74) is 4.22. The molecule has 2 N–H and O–H groups in total. The van der Waals surface area contributed by atoms with Crippen LogP contribution in [0.2, 0.25) is 0 Å². The van der Waals surface area contributed by atoms with Crippen molar-refractivity contribution < 1.29 is 75.9 Å². The van der Waals surface area contributed by atoms with Gasteiger partial charge < -0.3 is 19.7 Å². The molecule has 0 saturated heterocycles. The van der Waals surface area contributed by atoms with Crippen LogP contribution in [0.25, 0.3) is 0 Å². The van der Waals surface area contributed by atoms with Gasteiger partial charge in [0, 0.05) is 20.8 Å². The van der Waals surface area contributed by atoms with E-state index in [0.717, 1.165) is 20.8 Å². The molecule has 0 aromatic rings. The van der Waals surface area contributed by atoms with E-state index in [-0.39, 0.29) is 29.6 Å². The summed E-state index contributed by atoms with van der Waals surface area (Å²) >= 11 is 0. The number of alkyl halides is 3. The van der Waals surface area contributed by atoms with Gasteiger partial charge in [-0.15, -0.1) is 0 Å². The molecule has 122 valence electrons. The summed E-state index contributed by atoms with van der Waals surface area (Å²) in [6, 6.07) is 0. The van der Waals surface area contributed by atoms with Crippen molar-refractivity contribution >= 4 is 31.1 Å². The summed E-state index contributed by atoms with van der Waals surface area (Å²) in [5.74, 6) is -3.38. The van der Waals surface area contributed by atoms with Crippen LogP contribution in [-0.2, 0) is 33.1 Å². The average molecular weight is 339 g/mol. The number of hydrogen-bond donors (Lipinski definition) is 1. The van der Waals surface area contributed by atoms with E-state index in [2.05, 4.69) is 19.7 Å². The second-order valence-electron chi connectivity index (χ2n) is 3.52. The molecule has 8 nitrogen and oxygen atoms in total. The molecule has 0 aliphatic rings. The fraction of sp³-hybridized carbons (Fsp3) is 0.556. The fourth-order valence-corrected chi connectivity index (χ4v) is 0.784. The van der Waals surface area contributed by atoms with Gasteiger partial charge >= 0.3 is 43.1 Å². The largest absolute Gasteiger partial charge is 1.00 e. The second kappa shape index (κ2) is 12.3. The zero-order valence-electron chi connectivity index (χ0n) is 12.5. The monoisotopic (exact) mass is 339 g/mol. The van der Waals surface area contributed by atoms with Gasteiger partial charge in [0.15, 0.2) is 0 Å². The molecule has 0 aliphatic heterocycles. The molecule has 0 aromatic carbocycles. The Morgan fingerprint density at radius 2 is 1.18 bits per heavy atom. The predicted octanol–water partition coefficient (Wildman–Crippen LogP) is -3.18. The minimum atomic E-state index is -4.45. The van der Waals surface area contributed by atoms with E-state index in [1.54, 1.807) is 0 Å². The van der Waals surface area contributed by atoms with Gasteiger partial charge in [0.25, 0.3) is 17.9 Å². The Kier molecular flexibility index (Phi) is 14.4. The SMILES string of the molecule is CC(=O)O[BH-](OC(C)=O)OC(C)=O.NC(=O)CC(F)(F)F.[Na+]. The molecule has 1 amide bonds. The number of amides is 1. The zero-order chi connectivity index (χ0) is 17.2. The molecule has 13 heteroatoms. The van der Waals surface area contributed by atoms with Crippen molar-refractivity contribution in [3.05, 3.63) is 0 Å². The molecule has 0 fully saturated rings. The summed E-state index contributed by atoms with van der Waals surface area (Å²) < 4.78 is 46.3. The minimum absolute atomic E-state index is 0. The Morgan fingerprint density at radius 3 is 1.27 bits per heavy atom. The van der Waals surface area contributed by atoms with Gasteiger partial charge in [0.2, 0.25) is 5.91 Å². The quantitative estimate of drug-likeness (QED) is 0.536. The maximum absolute atomic E-state index is 11.0. The molecule has 0 bridgehead atoms. The number of carbonyl (C=O) groups excluding carboxylic acids is 4. The molecule has 0 aromatic heterocycles. The van der Waals surface area contributed by atoms with Crippen LogP contribution in [0.5, 0.6) is 0 Å². The van der Waals surface area contributed by atoms with Gasteiger partial charge in [0.1, 0.15) is 6.42 Å². The topological polar surface area (TPSA) is 122 Å². The molecular weight excluding hydrogens is 325 g/mol. The van der Waals surface area contributed by atoms with E-state index >= 15 is 0 Å². The Labute approximate surface area is 146 Å².